The zero-order valence-corrected chi connectivity index (χ0v) is 15.1. The highest BCUT2D eigenvalue weighted by Crippen LogP contribution is 2.27. The van der Waals surface area contributed by atoms with Gasteiger partial charge in [-0.15, -0.1) is 0 Å². The van der Waals surface area contributed by atoms with Crippen molar-refractivity contribution in [3.63, 3.8) is 0 Å². The van der Waals surface area contributed by atoms with Crippen molar-refractivity contribution in [1.82, 2.24) is 5.48 Å². The number of hydrogen-bond donors (Lipinski definition) is 2. The molecule has 0 atom stereocenters. The molecule has 144 valence electrons. The standard InChI is InChI=1S/C20H14ClF3N2O2/c21-15-8-13(6-7-16(15)22)25-19-10-18(24)17(23)9-14(19)20(27)26-28-11-12-4-2-1-3-5-12/h1-10,25H,11H2,(H,26,27). The van der Waals surface area contributed by atoms with Crippen molar-refractivity contribution in [2.75, 3.05) is 5.32 Å². The molecular formula is C20H14ClF3N2O2. The fraction of sp³-hybridized carbons (Fsp3) is 0.0500. The maximum Gasteiger partial charge on any atom is 0.277 e. The van der Waals surface area contributed by atoms with Gasteiger partial charge in [0.2, 0.25) is 0 Å². The lowest BCUT2D eigenvalue weighted by Gasteiger charge is -2.13. The quantitative estimate of drug-likeness (QED) is 0.542. The van der Waals surface area contributed by atoms with Crippen molar-refractivity contribution in [3.8, 4) is 0 Å². The van der Waals surface area contributed by atoms with Crippen LogP contribution in [0, 0.1) is 17.5 Å². The number of carbonyl (C=O) groups excluding carboxylic acids is 1. The SMILES string of the molecule is O=C(NOCc1ccccc1)c1cc(F)c(F)cc1Nc1ccc(F)c(Cl)c1. The number of carbonyl (C=O) groups is 1. The lowest BCUT2D eigenvalue weighted by molar-refractivity contribution is 0.0234. The summed E-state index contributed by atoms with van der Waals surface area (Å²) in [6, 6.07) is 14.3. The Balaban J connectivity index is 1.78. The van der Waals surface area contributed by atoms with E-state index < -0.39 is 23.4 Å². The van der Waals surface area contributed by atoms with Gasteiger partial charge in [0.1, 0.15) is 5.82 Å². The van der Waals surface area contributed by atoms with Crippen molar-refractivity contribution in [2.24, 2.45) is 0 Å². The summed E-state index contributed by atoms with van der Waals surface area (Å²) in [5, 5.41) is 2.56. The highest BCUT2D eigenvalue weighted by molar-refractivity contribution is 6.31. The number of nitrogens with one attached hydrogen (secondary N) is 2. The van der Waals surface area contributed by atoms with E-state index in [1.165, 1.54) is 12.1 Å². The first-order valence-electron chi connectivity index (χ1n) is 8.11. The summed E-state index contributed by atoms with van der Waals surface area (Å²) >= 11 is 5.72. The van der Waals surface area contributed by atoms with Crippen LogP contribution in [0.3, 0.4) is 0 Å². The molecule has 0 saturated heterocycles. The molecule has 0 fully saturated rings. The number of halogens is 4. The van der Waals surface area contributed by atoms with Crippen molar-refractivity contribution in [3.05, 3.63) is 94.3 Å². The number of benzene rings is 3. The fourth-order valence-electron chi connectivity index (χ4n) is 2.38. The van der Waals surface area contributed by atoms with E-state index in [0.717, 1.165) is 23.8 Å². The molecule has 3 aromatic carbocycles. The van der Waals surface area contributed by atoms with Crippen molar-refractivity contribution in [2.45, 2.75) is 6.61 Å². The van der Waals surface area contributed by atoms with E-state index >= 15 is 0 Å². The second-order valence-corrected chi connectivity index (χ2v) is 6.18. The van der Waals surface area contributed by atoms with E-state index in [4.69, 9.17) is 16.4 Å². The second-order valence-electron chi connectivity index (χ2n) is 5.77. The number of rotatable bonds is 6. The van der Waals surface area contributed by atoms with E-state index in [1.54, 1.807) is 12.1 Å². The topological polar surface area (TPSA) is 50.4 Å². The Morgan fingerprint density at radius 3 is 2.36 bits per heavy atom. The van der Waals surface area contributed by atoms with Crippen LogP contribution in [0.4, 0.5) is 24.5 Å². The normalized spacial score (nSPS) is 10.6. The number of anilines is 2. The van der Waals surface area contributed by atoms with E-state index in [2.05, 4.69) is 10.8 Å². The summed E-state index contributed by atoms with van der Waals surface area (Å²) in [4.78, 5) is 17.5. The smallest absolute Gasteiger partial charge is 0.277 e. The first kappa shape index (κ1) is 19.7. The summed E-state index contributed by atoms with van der Waals surface area (Å²) in [5.41, 5.74) is 3.05. The molecule has 0 radical (unpaired) electrons. The number of hydroxylamine groups is 1. The van der Waals surface area contributed by atoms with Crippen LogP contribution in [0.25, 0.3) is 0 Å². The molecule has 1 amide bonds. The molecule has 8 heteroatoms. The first-order chi connectivity index (χ1) is 13.4. The maximum absolute atomic E-state index is 13.7. The van der Waals surface area contributed by atoms with Gasteiger partial charge in [-0.05, 0) is 29.8 Å². The van der Waals surface area contributed by atoms with Crippen LogP contribution in [0.1, 0.15) is 15.9 Å². The molecule has 28 heavy (non-hydrogen) atoms. The molecule has 3 aromatic rings. The molecule has 0 aromatic heterocycles. The molecule has 0 bridgehead atoms. The van der Waals surface area contributed by atoms with Crippen LogP contribution in [-0.4, -0.2) is 5.91 Å². The average Bonchev–Trinajstić information content (AvgIpc) is 2.68. The van der Waals surface area contributed by atoms with Crippen LogP contribution >= 0.6 is 11.6 Å². The molecule has 0 unspecified atom stereocenters. The van der Waals surface area contributed by atoms with Gasteiger partial charge >= 0.3 is 0 Å². The van der Waals surface area contributed by atoms with Crippen LogP contribution < -0.4 is 10.8 Å². The largest absolute Gasteiger partial charge is 0.355 e. The number of amides is 1. The molecule has 0 heterocycles. The van der Waals surface area contributed by atoms with E-state index in [-0.39, 0.29) is 28.6 Å². The third kappa shape index (κ3) is 4.82. The van der Waals surface area contributed by atoms with E-state index in [0.29, 0.717) is 0 Å². The predicted octanol–water partition coefficient (Wildman–Crippen LogP) is 5.36. The molecular weight excluding hydrogens is 393 g/mol. The van der Waals surface area contributed by atoms with Gasteiger partial charge < -0.3 is 5.32 Å². The minimum Gasteiger partial charge on any atom is -0.355 e. The minimum atomic E-state index is -1.20. The fourth-order valence-corrected chi connectivity index (χ4v) is 2.56. The molecule has 0 spiro atoms. The molecule has 2 N–H and O–H groups in total. The number of hydrogen-bond acceptors (Lipinski definition) is 3. The lowest BCUT2D eigenvalue weighted by Crippen LogP contribution is -2.24. The molecule has 3 rings (SSSR count). The van der Waals surface area contributed by atoms with Crippen molar-refractivity contribution < 1.29 is 22.8 Å². The van der Waals surface area contributed by atoms with Crippen LogP contribution in [0.2, 0.25) is 5.02 Å². The van der Waals surface area contributed by atoms with Gasteiger partial charge in [0, 0.05) is 11.8 Å². The highest BCUT2D eigenvalue weighted by atomic mass is 35.5. The monoisotopic (exact) mass is 406 g/mol. The van der Waals surface area contributed by atoms with Gasteiger partial charge in [-0.1, -0.05) is 41.9 Å². The highest BCUT2D eigenvalue weighted by Gasteiger charge is 2.17. The van der Waals surface area contributed by atoms with Gasteiger partial charge in [-0.2, -0.15) is 0 Å². The van der Waals surface area contributed by atoms with Gasteiger partial charge in [0.15, 0.2) is 11.6 Å². The molecule has 0 saturated carbocycles. The Morgan fingerprint density at radius 2 is 1.64 bits per heavy atom. The molecule has 0 aliphatic heterocycles. The van der Waals surface area contributed by atoms with E-state index in [1.807, 2.05) is 18.2 Å². The lowest BCUT2D eigenvalue weighted by atomic mass is 10.1. The third-order valence-electron chi connectivity index (χ3n) is 3.75. The minimum absolute atomic E-state index is 0.0395. The Morgan fingerprint density at radius 1 is 0.929 bits per heavy atom. The van der Waals surface area contributed by atoms with Crippen LogP contribution in [-0.2, 0) is 11.4 Å². The second kappa shape index (κ2) is 8.77. The Labute approximate surface area is 163 Å². The predicted molar refractivity (Wildman–Crippen MR) is 99.7 cm³/mol. The van der Waals surface area contributed by atoms with Gasteiger partial charge in [-0.3, -0.25) is 9.63 Å². The first-order valence-corrected chi connectivity index (χ1v) is 8.49. The van der Waals surface area contributed by atoms with Crippen molar-refractivity contribution >= 4 is 28.9 Å². The van der Waals surface area contributed by atoms with E-state index in [9.17, 15) is 18.0 Å². The van der Waals surface area contributed by atoms with Gasteiger partial charge in [0.05, 0.1) is 22.9 Å². The van der Waals surface area contributed by atoms with Crippen molar-refractivity contribution in [1.29, 1.82) is 0 Å². The molecule has 0 aliphatic carbocycles. The summed E-state index contributed by atoms with van der Waals surface area (Å²) in [6.07, 6.45) is 0. The molecule has 4 nitrogen and oxygen atoms in total. The Kier molecular flexibility index (Phi) is 6.18. The van der Waals surface area contributed by atoms with Gasteiger partial charge in [0.25, 0.3) is 5.91 Å². The zero-order valence-electron chi connectivity index (χ0n) is 14.3. The summed E-state index contributed by atoms with van der Waals surface area (Å²) in [6.45, 7) is 0.0899. The summed E-state index contributed by atoms with van der Waals surface area (Å²) in [7, 11) is 0. The van der Waals surface area contributed by atoms with Gasteiger partial charge in [-0.25, -0.2) is 18.7 Å². The van der Waals surface area contributed by atoms with Crippen LogP contribution in [0.15, 0.2) is 60.7 Å². The van der Waals surface area contributed by atoms with Crippen LogP contribution in [0.5, 0.6) is 0 Å². The Bertz CT molecular complexity index is 1000. The third-order valence-corrected chi connectivity index (χ3v) is 4.04. The summed E-state index contributed by atoms with van der Waals surface area (Å²) < 4.78 is 40.6. The Hall–Kier alpha value is -3.03. The summed E-state index contributed by atoms with van der Waals surface area (Å²) in [5.74, 6) is -3.77. The molecule has 0 aliphatic rings. The zero-order chi connectivity index (χ0) is 20.1. The maximum atomic E-state index is 13.7. The average molecular weight is 407 g/mol.